The first-order chi connectivity index (χ1) is 11.2. The minimum atomic E-state index is -5.33. The van der Waals surface area contributed by atoms with E-state index in [-0.39, 0.29) is 0 Å². The van der Waals surface area contributed by atoms with Gasteiger partial charge >= 0.3 is 5.25 Å². The number of halogens is 4. The van der Waals surface area contributed by atoms with Gasteiger partial charge in [0.2, 0.25) is 5.78 Å². The molecule has 0 bridgehead atoms. The summed E-state index contributed by atoms with van der Waals surface area (Å²) >= 11 is 0. The first-order valence-electron chi connectivity index (χ1n) is 7.04. The second-order valence-corrected chi connectivity index (χ2v) is 7.39. The van der Waals surface area contributed by atoms with E-state index in [4.69, 9.17) is 9.47 Å². The van der Waals surface area contributed by atoms with Gasteiger partial charge in [0.25, 0.3) is 16.3 Å². The van der Waals surface area contributed by atoms with E-state index < -0.39 is 55.2 Å². The minimum Gasteiger partial charge on any atom is -0.490 e. The van der Waals surface area contributed by atoms with Crippen molar-refractivity contribution in [3.63, 3.8) is 0 Å². The standard InChI is InChI=1S/C14H12F4O5S/c15-13(16)10-8(23-7-3-5-22-6-4-7)1-2-9-11(10)12(19)14(17,18)24(9,20)21/h1-2,7,13H,3-6H2. The van der Waals surface area contributed by atoms with Crippen molar-refractivity contribution in [2.75, 3.05) is 13.2 Å². The smallest absolute Gasteiger partial charge is 0.411 e. The molecule has 0 spiro atoms. The molecule has 1 saturated heterocycles. The maximum absolute atomic E-state index is 13.7. The summed E-state index contributed by atoms with van der Waals surface area (Å²) in [5.74, 6) is -2.61. The van der Waals surface area contributed by atoms with Gasteiger partial charge in [-0.1, -0.05) is 0 Å². The van der Waals surface area contributed by atoms with Crippen molar-refractivity contribution < 1.29 is 40.2 Å². The van der Waals surface area contributed by atoms with Gasteiger partial charge in [-0.05, 0) is 12.1 Å². The molecule has 2 aliphatic rings. The number of fused-ring (bicyclic) bond motifs is 1. The number of Topliss-reactive ketones (excluding diaryl/α,β-unsaturated/α-hetero) is 1. The van der Waals surface area contributed by atoms with E-state index in [0.717, 1.165) is 6.07 Å². The van der Waals surface area contributed by atoms with Crippen LogP contribution in [0.2, 0.25) is 0 Å². The Balaban J connectivity index is 2.12. The van der Waals surface area contributed by atoms with E-state index in [1.165, 1.54) is 0 Å². The Morgan fingerprint density at radius 2 is 1.83 bits per heavy atom. The summed E-state index contributed by atoms with van der Waals surface area (Å²) in [4.78, 5) is 10.7. The third-order valence-corrected chi connectivity index (χ3v) is 5.75. The number of hydrogen-bond donors (Lipinski definition) is 0. The van der Waals surface area contributed by atoms with Crippen molar-refractivity contribution in [2.24, 2.45) is 0 Å². The van der Waals surface area contributed by atoms with Crippen LogP contribution in [0.3, 0.4) is 0 Å². The van der Waals surface area contributed by atoms with Gasteiger partial charge in [0.15, 0.2) is 0 Å². The summed E-state index contributed by atoms with van der Waals surface area (Å²) in [5.41, 5.74) is -2.29. The number of carbonyl (C=O) groups excluding carboxylic acids is 1. The van der Waals surface area contributed by atoms with Gasteiger partial charge in [0, 0.05) is 12.8 Å². The number of sulfone groups is 1. The van der Waals surface area contributed by atoms with Crippen molar-refractivity contribution in [2.45, 2.75) is 35.5 Å². The molecule has 10 heteroatoms. The molecule has 0 amide bonds. The van der Waals surface area contributed by atoms with Gasteiger partial charge < -0.3 is 9.47 Å². The molecule has 3 rings (SSSR count). The van der Waals surface area contributed by atoms with E-state index in [0.29, 0.717) is 32.1 Å². The van der Waals surface area contributed by atoms with Crippen LogP contribution in [0.5, 0.6) is 5.75 Å². The summed E-state index contributed by atoms with van der Waals surface area (Å²) in [6, 6.07) is 1.60. The zero-order valence-corrected chi connectivity index (χ0v) is 12.9. The lowest BCUT2D eigenvalue weighted by Crippen LogP contribution is -2.30. The van der Waals surface area contributed by atoms with Crippen molar-refractivity contribution in [3.05, 3.63) is 23.3 Å². The summed E-state index contributed by atoms with van der Waals surface area (Å²) in [5, 5.41) is -4.75. The van der Waals surface area contributed by atoms with Crippen molar-refractivity contribution in [1.29, 1.82) is 0 Å². The van der Waals surface area contributed by atoms with Crippen LogP contribution in [0, 0.1) is 0 Å². The Hall–Kier alpha value is -1.68. The second-order valence-electron chi connectivity index (χ2n) is 5.43. The number of benzene rings is 1. The molecule has 0 radical (unpaired) electrons. The fourth-order valence-corrected chi connectivity index (χ4v) is 4.08. The number of rotatable bonds is 3. The zero-order valence-electron chi connectivity index (χ0n) is 12.1. The fourth-order valence-electron chi connectivity index (χ4n) is 2.74. The molecule has 0 saturated carbocycles. The van der Waals surface area contributed by atoms with Crippen LogP contribution in [0.1, 0.15) is 35.2 Å². The van der Waals surface area contributed by atoms with Crippen LogP contribution in [-0.2, 0) is 14.6 Å². The molecule has 1 fully saturated rings. The summed E-state index contributed by atoms with van der Waals surface area (Å²) in [6.45, 7) is 0.704. The highest BCUT2D eigenvalue weighted by Crippen LogP contribution is 2.47. The van der Waals surface area contributed by atoms with E-state index >= 15 is 0 Å². The van der Waals surface area contributed by atoms with Gasteiger partial charge in [-0.25, -0.2) is 17.2 Å². The number of alkyl halides is 4. The van der Waals surface area contributed by atoms with Gasteiger partial charge in [-0.2, -0.15) is 8.78 Å². The Bertz CT molecular complexity index is 785. The summed E-state index contributed by atoms with van der Waals surface area (Å²) in [7, 11) is -5.33. The van der Waals surface area contributed by atoms with Crippen molar-refractivity contribution in [1.82, 2.24) is 0 Å². The molecule has 0 N–H and O–H groups in total. The third kappa shape index (κ3) is 2.39. The van der Waals surface area contributed by atoms with Gasteiger partial charge in [0.05, 0.1) is 29.2 Å². The van der Waals surface area contributed by atoms with Crippen molar-refractivity contribution in [3.8, 4) is 5.75 Å². The van der Waals surface area contributed by atoms with Crippen molar-refractivity contribution >= 4 is 15.6 Å². The number of ether oxygens (including phenoxy) is 2. The lowest BCUT2D eigenvalue weighted by Gasteiger charge is -2.25. The topological polar surface area (TPSA) is 69.7 Å². The average Bonchev–Trinajstić information content (AvgIpc) is 2.66. The normalized spacial score (nSPS) is 22.6. The van der Waals surface area contributed by atoms with Crippen LogP contribution < -0.4 is 4.74 Å². The van der Waals surface area contributed by atoms with E-state index in [1.807, 2.05) is 0 Å². The molecular weight excluding hydrogens is 356 g/mol. The van der Waals surface area contributed by atoms with E-state index in [9.17, 15) is 30.8 Å². The maximum Gasteiger partial charge on any atom is 0.411 e. The molecule has 132 valence electrons. The highest BCUT2D eigenvalue weighted by molar-refractivity contribution is 7.94. The zero-order chi connectivity index (χ0) is 17.7. The molecule has 0 atom stereocenters. The Labute approximate surface area is 134 Å². The van der Waals surface area contributed by atoms with Gasteiger partial charge in [-0.15, -0.1) is 0 Å². The third-order valence-electron chi connectivity index (χ3n) is 3.97. The molecule has 0 unspecified atom stereocenters. The molecule has 2 aliphatic heterocycles. The maximum atomic E-state index is 13.7. The highest BCUT2D eigenvalue weighted by atomic mass is 32.2. The first kappa shape index (κ1) is 17.2. The molecule has 0 aliphatic carbocycles. The molecule has 1 aromatic carbocycles. The molecule has 0 aromatic heterocycles. The van der Waals surface area contributed by atoms with Crippen LogP contribution >= 0.6 is 0 Å². The quantitative estimate of drug-likeness (QED) is 0.768. The van der Waals surface area contributed by atoms with E-state index in [2.05, 4.69) is 0 Å². The molecular formula is C14H12F4O5S. The Morgan fingerprint density at radius 1 is 1.21 bits per heavy atom. The predicted molar refractivity (Wildman–Crippen MR) is 72.3 cm³/mol. The fraction of sp³-hybridized carbons (Fsp3) is 0.500. The number of hydrogen-bond acceptors (Lipinski definition) is 5. The monoisotopic (exact) mass is 368 g/mol. The Kier molecular flexibility index (Phi) is 4.07. The van der Waals surface area contributed by atoms with Crippen LogP contribution in [0.25, 0.3) is 0 Å². The van der Waals surface area contributed by atoms with Crippen LogP contribution in [0.15, 0.2) is 17.0 Å². The molecule has 2 heterocycles. The second kappa shape index (κ2) is 5.69. The van der Waals surface area contributed by atoms with Gasteiger partial charge in [0.1, 0.15) is 11.9 Å². The lowest BCUT2D eigenvalue weighted by molar-refractivity contribution is 0.0233. The largest absolute Gasteiger partial charge is 0.490 e. The highest BCUT2D eigenvalue weighted by Gasteiger charge is 2.62. The molecule has 5 nitrogen and oxygen atoms in total. The average molecular weight is 368 g/mol. The Morgan fingerprint density at radius 3 is 2.42 bits per heavy atom. The predicted octanol–water partition coefficient (Wildman–Crippen LogP) is 2.74. The molecule has 24 heavy (non-hydrogen) atoms. The van der Waals surface area contributed by atoms with Gasteiger partial charge in [-0.3, -0.25) is 4.79 Å². The SMILES string of the molecule is O=C1c2c(ccc(OC3CCOCC3)c2C(F)F)S(=O)(=O)C1(F)F. The minimum absolute atomic E-state index is 0.352. The molecule has 1 aromatic rings. The lowest BCUT2D eigenvalue weighted by atomic mass is 10.0. The van der Waals surface area contributed by atoms with Crippen LogP contribution in [0.4, 0.5) is 17.6 Å². The summed E-state index contributed by atoms with van der Waals surface area (Å²) in [6.07, 6.45) is -3.02. The van der Waals surface area contributed by atoms with E-state index in [1.54, 1.807) is 0 Å². The van der Waals surface area contributed by atoms with Crippen LogP contribution in [-0.4, -0.2) is 38.8 Å². The first-order valence-corrected chi connectivity index (χ1v) is 8.53. The number of carbonyl (C=O) groups is 1. The summed E-state index contributed by atoms with van der Waals surface area (Å²) < 4.78 is 88.2. The number of ketones is 1.